The van der Waals surface area contributed by atoms with Crippen LogP contribution >= 0.6 is 11.8 Å². The average molecular weight is 226 g/mol. The number of hydrogen-bond acceptors (Lipinski definition) is 4. The maximum absolute atomic E-state index is 11.4. The van der Waals surface area contributed by atoms with E-state index in [4.69, 9.17) is 10.8 Å². The van der Waals surface area contributed by atoms with Gasteiger partial charge in [-0.2, -0.15) is 0 Å². The molecule has 1 unspecified atom stereocenters. The highest BCUT2D eigenvalue weighted by molar-refractivity contribution is 8.03. The second-order valence-corrected chi connectivity index (χ2v) is 4.35. The number of thioether (sulfide) groups is 1. The van der Waals surface area contributed by atoms with E-state index in [9.17, 15) is 9.59 Å². The Bertz CT molecular complexity index is 380. The fourth-order valence-corrected chi connectivity index (χ4v) is 2.89. The van der Waals surface area contributed by atoms with Crippen LogP contribution in [-0.2, 0) is 9.59 Å². The van der Waals surface area contributed by atoms with E-state index in [0.717, 1.165) is 0 Å². The summed E-state index contributed by atoms with van der Waals surface area (Å²) in [6, 6.07) is -1.51. The van der Waals surface area contributed by atoms with E-state index < -0.39 is 18.1 Å². The van der Waals surface area contributed by atoms with Crippen molar-refractivity contribution in [1.82, 2.24) is 4.90 Å². The predicted molar refractivity (Wildman–Crippen MR) is 55.9 cm³/mol. The summed E-state index contributed by atoms with van der Waals surface area (Å²) in [6.07, 6.45) is 1.46. The molecule has 1 amide bonds. The minimum Gasteiger partial charge on any atom is -0.479 e. The Morgan fingerprint density at radius 2 is 2.40 bits per heavy atom. The molecule has 1 saturated heterocycles. The molecule has 2 heterocycles. The third-order valence-corrected chi connectivity index (χ3v) is 3.74. The van der Waals surface area contributed by atoms with E-state index >= 15 is 0 Å². The van der Waals surface area contributed by atoms with Crippen LogP contribution in [0.4, 0.5) is 0 Å². The number of β-lactam (4-membered cyclic amide) rings is 1. The molecule has 0 saturated carbocycles. The van der Waals surface area contributed by atoms with Gasteiger partial charge < -0.3 is 15.7 Å². The normalized spacial score (nSPS) is 33.9. The molecule has 6 heteroatoms. The van der Waals surface area contributed by atoms with E-state index in [1.165, 1.54) is 22.7 Å². The second kappa shape index (κ2) is 3.39. The zero-order valence-corrected chi connectivity index (χ0v) is 8.61. The van der Waals surface area contributed by atoms with Crippen molar-refractivity contribution in [2.75, 3.05) is 0 Å². The number of rotatable bonds is 2. The molecule has 0 aromatic heterocycles. The van der Waals surface area contributed by atoms with Gasteiger partial charge in [-0.15, -0.1) is 11.8 Å². The first-order valence-electron chi connectivity index (χ1n) is 4.36. The number of nitrogens with zero attached hydrogens (tertiary/aromatic N) is 1. The van der Waals surface area contributed by atoms with Crippen molar-refractivity contribution in [1.29, 1.82) is 0 Å². The predicted octanol–water partition coefficient (Wildman–Crippen LogP) is -0.248. The fraction of sp³-hybridized carbons (Fsp3) is 0.333. The Balaban J connectivity index is 2.35. The molecule has 0 aliphatic carbocycles. The molecule has 2 aliphatic rings. The van der Waals surface area contributed by atoms with Crippen LogP contribution in [-0.4, -0.2) is 39.3 Å². The smallest absolute Gasteiger partial charge is 0.331 e. The average Bonchev–Trinajstić information content (AvgIpc) is 2.25. The lowest BCUT2D eigenvalue weighted by Gasteiger charge is -2.49. The molecule has 0 aromatic carbocycles. The molecule has 0 bridgehead atoms. The first-order valence-corrected chi connectivity index (χ1v) is 5.30. The van der Waals surface area contributed by atoms with Crippen LogP contribution in [0.2, 0.25) is 0 Å². The molecule has 3 N–H and O–H groups in total. The van der Waals surface area contributed by atoms with Crippen molar-refractivity contribution in [3.8, 4) is 0 Å². The molecule has 2 aliphatic heterocycles. The van der Waals surface area contributed by atoms with Crippen LogP contribution in [0.3, 0.4) is 0 Å². The highest BCUT2D eigenvalue weighted by Crippen LogP contribution is 2.39. The van der Waals surface area contributed by atoms with Gasteiger partial charge in [0.15, 0.2) is 6.04 Å². The molecule has 2 rings (SSSR count). The summed E-state index contributed by atoms with van der Waals surface area (Å²) >= 11 is 1.36. The van der Waals surface area contributed by atoms with E-state index in [1.807, 2.05) is 0 Å². The van der Waals surface area contributed by atoms with Crippen LogP contribution in [0.5, 0.6) is 0 Å². The maximum atomic E-state index is 11.4. The zero-order chi connectivity index (χ0) is 11.2. The Kier molecular flexibility index (Phi) is 2.32. The molecule has 5 nitrogen and oxygen atoms in total. The molecule has 15 heavy (non-hydrogen) atoms. The Hall–Kier alpha value is -1.27. The minimum atomic E-state index is -1.05. The van der Waals surface area contributed by atoms with Crippen molar-refractivity contribution < 1.29 is 14.7 Å². The lowest BCUT2D eigenvalue weighted by Crippen LogP contribution is -2.72. The summed E-state index contributed by atoms with van der Waals surface area (Å²) in [5.74, 6) is -1.36. The molecule has 80 valence electrons. The van der Waals surface area contributed by atoms with Crippen molar-refractivity contribution >= 4 is 23.6 Å². The third-order valence-electron chi connectivity index (χ3n) is 2.53. The molecule has 1 fully saturated rings. The molecular formula is C9H10N2O3S. The van der Waals surface area contributed by atoms with Crippen molar-refractivity contribution in [2.24, 2.45) is 5.73 Å². The minimum absolute atomic E-state index is 0.248. The van der Waals surface area contributed by atoms with E-state index in [0.29, 0.717) is 5.57 Å². The number of amides is 1. The number of carbonyl (C=O) groups is 2. The van der Waals surface area contributed by atoms with Crippen molar-refractivity contribution in [3.63, 3.8) is 0 Å². The molecule has 0 spiro atoms. The van der Waals surface area contributed by atoms with E-state index in [-0.39, 0.29) is 11.3 Å². The zero-order valence-electron chi connectivity index (χ0n) is 7.79. The maximum Gasteiger partial charge on any atom is 0.331 e. The van der Waals surface area contributed by atoms with Crippen molar-refractivity contribution in [3.05, 3.63) is 23.6 Å². The summed E-state index contributed by atoms with van der Waals surface area (Å²) in [5.41, 5.74) is 6.10. The van der Waals surface area contributed by atoms with Gasteiger partial charge in [0.25, 0.3) is 0 Å². The van der Waals surface area contributed by atoms with E-state index in [1.54, 1.807) is 5.41 Å². The highest BCUT2D eigenvalue weighted by Gasteiger charge is 2.53. The Morgan fingerprint density at radius 3 is 2.93 bits per heavy atom. The van der Waals surface area contributed by atoms with Crippen LogP contribution in [0.1, 0.15) is 0 Å². The van der Waals surface area contributed by atoms with Gasteiger partial charge in [-0.05, 0) is 11.0 Å². The van der Waals surface area contributed by atoms with Gasteiger partial charge in [0.1, 0.15) is 11.4 Å². The molecule has 0 radical (unpaired) electrons. The lowest BCUT2D eigenvalue weighted by molar-refractivity contribution is -0.157. The quantitative estimate of drug-likeness (QED) is 0.634. The summed E-state index contributed by atoms with van der Waals surface area (Å²) in [5, 5.41) is 10.5. The van der Waals surface area contributed by atoms with Crippen LogP contribution < -0.4 is 5.73 Å². The number of carboxylic acids is 1. The van der Waals surface area contributed by atoms with Crippen LogP contribution in [0.25, 0.3) is 0 Å². The number of nitrogens with two attached hydrogens (primary N) is 1. The first-order chi connectivity index (χ1) is 7.07. The van der Waals surface area contributed by atoms with Gasteiger partial charge in [-0.3, -0.25) is 4.79 Å². The third kappa shape index (κ3) is 1.29. The number of aliphatic carboxylic acids is 1. The SMILES string of the molecule is C=CC1=CS[C@@H]2[C@H](N)C(=O)N2C1C(=O)O. The van der Waals surface area contributed by atoms with Gasteiger partial charge in [-0.25, -0.2) is 4.79 Å². The number of fused-ring (bicyclic) bond motifs is 1. The van der Waals surface area contributed by atoms with Crippen molar-refractivity contribution in [2.45, 2.75) is 17.5 Å². The van der Waals surface area contributed by atoms with Crippen LogP contribution in [0, 0.1) is 0 Å². The second-order valence-electron chi connectivity index (χ2n) is 3.36. The Morgan fingerprint density at radius 1 is 1.73 bits per heavy atom. The fourth-order valence-electron chi connectivity index (χ4n) is 1.73. The van der Waals surface area contributed by atoms with Crippen LogP contribution in [0.15, 0.2) is 23.6 Å². The summed E-state index contributed by atoms with van der Waals surface area (Å²) < 4.78 is 0. The Labute approximate surface area is 90.6 Å². The summed E-state index contributed by atoms with van der Waals surface area (Å²) in [7, 11) is 0. The first kappa shape index (κ1) is 10.3. The molecule has 3 atom stereocenters. The molecular weight excluding hydrogens is 216 g/mol. The number of carboxylic acid groups (broad SMARTS) is 1. The van der Waals surface area contributed by atoms with Gasteiger partial charge in [0.05, 0.1) is 0 Å². The number of hydrogen-bond donors (Lipinski definition) is 2. The monoisotopic (exact) mass is 226 g/mol. The van der Waals surface area contributed by atoms with E-state index in [2.05, 4.69) is 6.58 Å². The topological polar surface area (TPSA) is 83.6 Å². The van der Waals surface area contributed by atoms with Gasteiger partial charge >= 0.3 is 5.97 Å². The van der Waals surface area contributed by atoms with Gasteiger partial charge in [0, 0.05) is 0 Å². The van der Waals surface area contributed by atoms with Gasteiger partial charge in [-0.1, -0.05) is 12.7 Å². The lowest BCUT2D eigenvalue weighted by atomic mass is 9.99. The molecule has 0 aromatic rings. The van der Waals surface area contributed by atoms with Gasteiger partial charge in [0.2, 0.25) is 5.91 Å². The summed E-state index contributed by atoms with van der Waals surface area (Å²) in [4.78, 5) is 23.8. The highest BCUT2D eigenvalue weighted by atomic mass is 32.2. The summed E-state index contributed by atoms with van der Waals surface area (Å²) in [6.45, 7) is 3.53. The number of carbonyl (C=O) groups excluding carboxylic acids is 1. The standard InChI is InChI=1S/C9H10N2O3S/c1-2-4-3-15-8-5(10)7(12)11(8)6(4)9(13)14/h2-3,5-6,8H,1,10H2,(H,13,14)/t5-,6?,8-/m1/s1. The largest absolute Gasteiger partial charge is 0.479 e.